The monoisotopic (exact) mass is 219 g/mol. The van der Waals surface area contributed by atoms with Crippen LogP contribution >= 0.6 is 0 Å². The summed E-state index contributed by atoms with van der Waals surface area (Å²) in [7, 11) is 0. The summed E-state index contributed by atoms with van der Waals surface area (Å²) in [6.07, 6.45) is 0. The first kappa shape index (κ1) is 11.0. The number of nitrogens with one attached hydrogen (secondary N) is 1. The maximum absolute atomic E-state index is 10.9. The predicted molar refractivity (Wildman–Crippen MR) is 64.0 cm³/mol. The first-order valence-electron chi connectivity index (χ1n) is 5.58. The van der Waals surface area contributed by atoms with Crippen LogP contribution in [0.4, 0.5) is 5.69 Å². The molecule has 2 rings (SSSR count). The molecule has 1 fully saturated rings. The zero-order chi connectivity index (χ0) is 11.4. The molecule has 1 aliphatic rings. The minimum Gasteiger partial charge on any atom is -0.369 e. The molecule has 1 N–H and O–H groups in total. The molecule has 1 aromatic carbocycles. The summed E-state index contributed by atoms with van der Waals surface area (Å²) < 4.78 is 0. The molecule has 0 atom stereocenters. The largest absolute Gasteiger partial charge is 0.369 e. The molecule has 4 heteroatoms. The lowest BCUT2D eigenvalue weighted by molar-refractivity contribution is -0.123. The summed E-state index contributed by atoms with van der Waals surface area (Å²) in [6.45, 7) is 5.18. The summed E-state index contributed by atoms with van der Waals surface area (Å²) >= 11 is 0. The van der Waals surface area contributed by atoms with Gasteiger partial charge in [0.1, 0.15) is 0 Å². The summed E-state index contributed by atoms with van der Waals surface area (Å²) in [5, 5.41) is 1.97. The Kier molecular flexibility index (Phi) is 3.41. The van der Waals surface area contributed by atoms with Gasteiger partial charge < -0.3 is 4.90 Å². The van der Waals surface area contributed by atoms with Crippen LogP contribution in [-0.2, 0) is 4.79 Å². The van der Waals surface area contributed by atoms with Crippen molar-refractivity contribution < 1.29 is 4.79 Å². The number of nitrogens with zero attached hydrogens (tertiary/aromatic N) is 2. The fourth-order valence-electron chi connectivity index (χ4n) is 1.94. The molecular weight excluding hydrogens is 202 g/mol. The Hall–Kier alpha value is -1.55. The predicted octanol–water partition coefficient (Wildman–Crippen LogP) is 0.860. The van der Waals surface area contributed by atoms with Crippen LogP contribution in [0, 0.1) is 0 Å². The number of carbonyl (C=O) groups is 1. The van der Waals surface area contributed by atoms with Crippen molar-refractivity contribution in [2.75, 3.05) is 31.1 Å². The lowest BCUT2D eigenvalue weighted by atomic mass is 10.2. The number of amides is 1. The maximum Gasteiger partial charge on any atom is 0.231 e. The fraction of sp³-hybridized carbons (Fsp3) is 0.417. The highest BCUT2D eigenvalue weighted by atomic mass is 16.2. The fourth-order valence-corrected chi connectivity index (χ4v) is 1.94. The molecule has 0 unspecified atom stereocenters. The van der Waals surface area contributed by atoms with E-state index in [0.717, 1.165) is 26.2 Å². The Morgan fingerprint density at radius 2 is 1.75 bits per heavy atom. The summed E-state index contributed by atoms with van der Waals surface area (Å²) in [4.78, 5) is 13.2. The molecule has 1 amide bonds. The molecule has 16 heavy (non-hydrogen) atoms. The van der Waals surface area contributed by atoms with Crippen LogP contribution in [0.15, 0.2) is 30.3 Å². The van der Waals surface area contributed by atoms with Gasteiger partial charge in [-0.1, -0.05) is 18.2 Å². The van der Waals surface area contributed by atoms with Gasteiger partial charge in [-0.3, -0.25) is 10.2 Å². The second-order valence-electron chi connectivity index (χ2n) is 3.98. The zero-order valence-electron chi connectivity index (χ0n) is 9.52. The highest BCUT2D eigenvalue weighted by molar-refractivity contribution is 5.72. The molecule has 1 heterocycles. The Morgan fingerprint density at radius 1 is 1.12 bits per heavy atom. The van der Waals surface area contributed by atoms with Crippen molar-refractivity contribution in [1.82, 2.24) is 10.4 Å². The van der Waals surface area contributed by atoms with Crippen molar-refractivity contribution >= 4 is 11.6 Å². The number of carbonyl (C=O) groups excluding carboxylic acids is 1. The van der Waals surface area contributed by atoms with Crippen LogP contribution in [0.2, 0.25) is 0 Å². The molecule has 0 saturated carbocycles. The van der Waals surface area contributed by atoms with Crippen LogP contribution in [0.25, 0.3) is 0 Å². The number of hydrogen-bond acceptors (Lipinski definition) is 3. The van der Waals surface area contributed by atoms with Crippen molar-refractivity contribution in [1.29, 1.82) is 0 Å². The van der Waals surface area contributed by atoms with Gasteiger partial charge in [-0.15, -0.1) is 0 Å². The SMILES string of the molecule is CC(=O)NN1CCN(c2ccccc2)CC1. The lowest BCUT2D eigenvalue weighted by Gasteiger charge is -2.35. The number of piperazine rings is 1. The highest BCUT2D eigenvalue weighted by Gasteiger charge is 2.17. The molecule has 0 bridgehead atoms. The van der Waals surface area contributed by atoms with E-state index in [-0.39, 0.29) is 5.91 Å². The van der Waals surface area contributed by atoms with E-state index in [9.17, 15) is 4.79 Å². The third-order valence-corrected chi connectivity index (χ3v) is 2.72. The molecule has 0 radical (unpaired) electrons. The van der Waals surface area contributed by atoms with Gasteiger partial charge in [-0.05, 0) is 12.1 Å². The summed E-state index contributed by atoms with van der Waals surface area (Å²) in [5.74, 6) is 0.00756. The van der Waals surface area contributed by atoms with Crippen LogP contribution in [0.3, 0.4) is 0 Å². The van der Waals surface area contributed by atoms with E-state index >= 15 is 0 Å². The van der Waals surface area contributed by atoms with Crippen LogP contribution in [0.1, 0.15) is 6.92 Å². The zero-order valence-corrected chi connectivity index (χ0v) is 9.52. The molecule has 1 aliphatic heterocycles. The second kappa shape index (κ2) is 4.99. The molecule has 0 aromatic heterocycles. The average Bonchev–Trinajstić information content (AvgIpc) is 2.30. The van der Waals surface area contributed by atoms with Gasteiger partial charge in [-0.2, -0.15) is 0 Å². The smallest absolute Gasteiger partial charge is 0.231 e. The van der Waals surface area contributed by atoms with Crippen molar-refractivity contribution in [3.05, 3.63) is 30.3 Å². The third kappa shape index (κ3) is 2.73. The molecule has 0 spiro atoms. The number of hydrogen-bond donors (Lipinski definition) is 1. The highest BCUT2D eigenvalue weighted by Crippen LogP contribution is 2.14. The van der Waals surface area contributed by atoms with E-state index in [0.29, 0.717) is 0 Å². The van der Waals surface area contributed by atoms with E-state index in [4.69, 9.17) is 0 Å². The van der Waals surface area contributed by atoms with E-state index < -0.39 is 0 Å². The van der Waals surface area contributed by atoms with Gasteiger partial charge in [0.15, 0.2) is 0 Å². The number of benzene rings is 1. The minimum atomic E-state index is 0.00756. The maximum atomic E-state index is 10.9. The molecule has 86 valence electrons. The van der Waals surface area contributed by atoms with Crippen LogP contribution < -0.4 is 10.3 Å². The van der Waals surface area contributed by atoms with Crippen LogP contribution in [-0.4, -0.2) is 37.1 Å². The van der Waals surface area contributed by atoms with Crippen molar-refractivity contribution in [2.24, 2.45) is 0 Å². The van der Waals surface area contributed by atoms with Gasteiger partial charge in [0.25, 0.3) is 0 Å². The van der Waals surface area contributed by atoms with Gasteiger partial charge in [0.05, 0.1) is 0 Å². The first-order valence-corrected chi connectivity index (χ1v) is 5.58. The number of anilines is 1. The molecular formula is C12H17N3O. The van der Waals surface area contributed by atoms with Crippen molar-refractivity contribution in [2.45, 2.75) is 6.92 Å². The number of rotatable bonds is 2. The normalized spacial score (nSPS) is 17.2. The number of hydrazine groups is 1. The Balaban J connectivity index is 1.88. The van der Waals surface area contributed by atoms with E-state index in [1.807, 2.05) is 11.1 Å². The summed E-state index contributed by atoms with van der Waals surface area (Å²) in [6, 6.07) is 10.4. The van der Waals surface area contributed by atoms with Gasteiger partial charge in [-0.25, -0.2) is 5.01 Å². The van der Waals surface area contributed by atoms with E-state index in [1.54, 1.807) is 6.92 Å². The quantitative estimate of drug-likeness (QED) is 0.801. The first-order chi connectivity index (χ1) is 7.75. The van der Waals surface area contributed by atoms with E-state index in [2.05, 4.69) is 34.6 Å². The molecule has 4 nitrogen and oxygen atoms in total. The van der Waals surface area contributed by atoms with Gasteiger partial charge >= 0.3 is 0 Å². The van der Waals surface area contributed by atoms with Gasteiger partial charge in [0.2, 0.25) is 5.91 Å². The Morgan fingerprint density at radius 3 is 2.31 bits per heavy atom. The summed E-state index contributed by atoms with van der Waals surface area (Å²) in [5.41, 5.74) is 4.08. The van der Waals surface area contributed by atoms with E-state index in [1.165, 1.54) is 5.69 Å². The Labute approximate surface area is 95.8 Å². The third-order valence-electron chi connectivity index (χ3n) is 2.72. The topological polar surface area (TPSA) is 35.6 Å². The minimum absolute atomic E-state index is 0.00756. The lowest BCUT2D eigenvalue weighted by Crippen LogP contribution is -2.53. The van der Waals surface area contributed by atoms with Crippen LogP contribution in [0.5, 0.6) is 0 Å². The van der Waals surface area contributed by atoms with Crippen molar-refractivity contribution in [3.63, 3.8) is 0 Å². The Bertz CT molecular complexity index is 345. The molecule has 1 aromatic rings. The van der Waals surface area contributed by atoms with Gasteiger partial charge in [0, 0.05) is 38.8 Å². The molecule has 0 aliphatic carbocycles. The second-order valence-corrected chi connectivity index (χ2v) is 3.98. The molecule has 1 saturated heterocycles. The number of para-hydroxylation sites is 1. The average molecular weight is 219 g/mol. The standard InChI is InChI=1S/C12H17N3O/c1-11(16)13-15-9-7-14(8-10-15)12-5-3-2-4-6-12/h2-6H,7-10H2,1H3,(H,13,16). The van der Waals surface area contributed by atoms with Crippen molar-refractivity contribution in [3.8, 4) is 0 Å².